The minimum Gasteiger partial charge on any atom is -0.493 e. The van der Waals surface area contributed by atoms with Crippen molar-refractivity contribution < 1.29 is 19.0 Å². The summed E-state index contributed by atoms with van der Waals surface area (Å²) in [6.45, 7) is 0. The zero-order valence-electron chi connectivity index (χ0n) is 18.4. The topological polar surface area (TPSA) is 107 Å². The molecular weight excluding hydrogens is 410 g/mol. The third-order valence-electron chi connectivity index (χ3n) is 5.42. The highest BCUT2D eigenvalue weighted by atomic mass is 16.5. The van der Waals surface area contributed by atoms with Crippen molar-refractivity contribution in [1.82, 2.24) is 15.3 Å². The van der Waals surface area contributed by atoms with E-state index in [1.165, 1.54) is 0 Å². The molecule has 3 aromatic rings. The van der Waals surface area contributed by atoms with Gasteiger partial charge >= 0.3 is 6.03 Å². The predicted molar refractivity (Wildman–Crippen MR) is 123 cm³/mol. The van der Waals surface area contributed by atoms with E-state index in [9.17, 15) is 4.79 Å². The molecule has 1 fully saturated rings. The molecule has 168 valence electrons. The van der Waals surface area contributed by atoms with Crippen molar-refractivity contribution in [2.24, 2.45) is 0 Å². The van der Waals surface area contributed by atoms with Crippen LogP contribution >= 0.6 is 0 Å². The van der Waals surface area contributed by atoms with Gasteiger partial charge in [0.1, 0.15) is 5.82 Å². The lowest BCUT2D eigenvalue weighted by Gasteiger charge is -2.15. The van der Waals surface area contributed by atoms with Crippen LogP contribution < -0.4 is 30.2 Å². The SMILES string of the molecule is COc1cc(Nc2cnc3ccc(NC(=O)NC4CCCC4)nc3c2)cc(OC)c1OC. The second-order valence-electron chi connectivity index (χ2n) is 7.58. The number of methoxy groups -OCH3 is 3. The lowest BCUT2D eigenvalue weighted by atomic mass is 10.2. The van der Waals surface area contributed by atoms with Crippen molar-refractivity contribution in [3.8, 4) is 17.2 Å². The number of amides is 2. The van der Waals surface area contributed by atoms with Crippen LogP contribution in [-0.2, 0) is 0 Å². The summed E-state index contributed by atoms with van der Waals surface area (Å²) in [5.74, 6) is 2.08. The Bertz CT molecular complexity index is 1090. The van der Waals surface area contributed by atoms with Gasteiger partial charge in [-0.05, 0) is 31.0 Å². The number of hydrogen-bond acceptors (Lipinski definition) is 7. The lowest BCUT2D eigenvalue weighted by molar-refractivity contribution is 0.248. The van der Waals surface area contributed by atoms with E-state index in [0.717, 1.165) is 42.6 Å². The molecule has 2 heterocycles. The van der Waals surface area contributed by atoms with E-state index in [-0.39, 0.29) is 12.1 Å². The van der Waals surface area contributed by atoms with Crippen LogP contribution in [0.4, 0.5) is 22.0 Å². The normalized spacial score (nSPS) is 13.6. The molecule has 3 N–H and O–H groups in total. The Labute approximate surface area is 186 Å². The number of nitrogens with zero attached hydrogens (tertiary/aromatic N) is 2. The summed E-state index contributed by atoms with van der Waals surface area (Å²) in [7, 11) is 4.70. The fraction of sp³-hybridized carbons (Fsp3) is 0.348. The smallest absolute Gasteiger partial charge is 0.320 e. The van der Waals surface area contributed by atoms with Crippen LogP contribution in [0.3, 0.4) is 0 Å². The van der Waals surface area contributed by atoms with Crippen LogP contribution in [0.15, 0.2) is 36.5 Å². The molecule has 0 atom stereocenters. The second-order valence-corrected chi connectivity index (χ2v) is 7.58. The van der Waals surface area contributed by atoms with Crippen LogP contribution in [0.2, 0.25) is 0 Å². The van der Waals surface area contributed by atoms with Gasteiger partial charge in [0.05, 0.1) is 44.2 Å². The molecule has 9 heteroatoms. The minimum atomic E-state index is -0.233. The lowest BCUT2D eigenvalue weighted by Crippen LogP contribution is -2.36. The zero-order chi connectivity index (χ0) is 22.5. The van der Waals surface area contributed by atoms with Gasteiger partial charge in [-0.1, -0.05) is 12.8 Å². The van der Waals surface area contributed by atoms with Crippen LogP contribution in [0, 0.1) is 0 Å². The van der Waals surface area contributed by atoms with Crippen molar-refractivity contribution in [1.29, 1.82) is 0 Å². The van der Waals surface area contributed by atoms with E-state index >= 15 is 0 Å². The van der Waals surface area contributed by atoms with E-state index in [1.807, 2.05) is 24.3 Å². The maximum absolute atomic E-state index is 12.3. The molecule has 1 saturated carbocycles. The quantitative estimate of drug-likeness (QED) is 0.501. The Morgan fingerprint density at radius 1 is 0.938 bits per heavy atom. The van der Waals surface area contributed by atoms with Crippen LogP contribution in [0.5, 0.6) is 17.2 Å². The standard InChI is InChI=1S/C23H27N5O4/c1-30-19-11-15(12-20(31-2)22(19)32-3)25-16-10-18-17(24-13-16)8-9-21(27-18)28-23(29)26-14-6-4-5-7-14/h8-14,25H,4-7H2,1-3H3,(H2,26,27,28,29). The van der Waals surface area contributed by atoms with Gasteiger partial charge in [-0.25, -0.2) is 9.78 Å². The number of fused-ring (bicyclic) bond motifs is 1. The number of ether oxygens (including phenoxy) is 3. The summed E-state index contributed by atoms with van der Waals surface area (Å²) >= 11 is 0. The van der Waals surface area contributed by atoms with Gasteiger partial charge in [0.15, 0.2) is 11.5 Å². The number of anilines is 3. The van der Waals surface area contributed by atoms with Crippen molar-refractivity contribution in [2.75, 3.05) is 32.0 Å². The molecule has 2 aromatic heterocycles. The van der Waals surface area contributed by atoms with E-state index in [0.29, 0.717) is 28.6 Å². The van der Waals surface area contributed by atoms with Crippen molar-refractivity contribution in [3.05, 3.63) is 36.5 Å². The molecular formula is C23H27N5O4. The number of benzene rings is 1. The first-order valence-electron chi connectivity index (χ1n) is 10.5. The molecule has 32 heavy (non-hydrogen) atoms. The summed E-state index contributed by atoms with van der Waals surface area (Å²) in [5, 5.41) is 9.10. The van der Waals surface area contributed by atoms with Crippen molar-refractivity contribution in [2.45, 2.75) is 31.7 Å². The highest BCUT2D eigenvalue weighted by molar-refractivity contribution is 5.90. The molecule has 1 aliphatic carbocycles. The number of nitrogens with one attached hydrogen (secondary N) is 3. The number of urea groups is 1. The summed E-state index contributed by atoms with van der Waals surface area (Å²) < 4.78 is 16.2. The average Bonchev–Trinajstić information content (AvgIpc) is 3.31. The maximum Gasteiger partial charge on any atom is 0.320 e. The number of carbonyl (C=O) groups excluding carboxylic acids is 1. The molecule has 0 saturated heterocycles. The Morgan fingerprint density at radius 2 is 1.66 bits per heavy atom. The van der Waals surface area contributed by atoms with Crippen molar-refractivity contribution in [3.63, 3.8) is 0 Å². The van der Waals surface area contributed by atoms with Gasteiger partial charge in [-0.2, -0.15) is 0 Å². The van der Waals surface area contributed by atoms with E-state index in [1.54, 1.807) is 33.6 Å². The summed E-state index contributed by atoms with van der Waals surface area (Å²) in [6, 6.07) is 9.07. The molecule has 1 aliphatic rings. The minimum absolute atomic E-state index is 0.233. The summed E-state index contributed by atoms with van der Waals surface area (Å²) in [5.41, 5.74) is 2.85. The average molecular weight is 438 g/mol. The Balaban J connectivity index is 1.53. The van der Waals surface area contributed by atoms with E-state index in [4.69, 9.17) is 14.2 Å². The third-order valence-corrected chi connectivity index (χ3v) is 5.42. The van der Waals surface area contributed by atoms with E-state index < -0.39 is 0 Å². The van der Waals surface area contributed by atoms with Crippen LogP contribution in [0.25, 0.3) is 11.0 Å². The fourth-order valence-corrected chi connectivity index (χ4v) is 3.87. The highest BCUT2D eigenvalue weighted by Crippen LogP contribution is 2.40. The molecule has 9 nitrogen and oxygen atoms in total. The molecule has 0 aliphatic heterocycles. The first-order valence-corrected chi connectivity index (χ1v) is 10.5. The zero-order valence-corrected chi connectivity index (χ0v) is 18.4. The number of aromatic nitrogens is 2. The molecule has 0 spiro atoms. The molecule has 0 unspecified atom stereocenters. The fourth-order valence-electron chi connectivity index (χ4n) is 3.87. The molecule has 0 bridgehead atoms. The third kappa shape index (κ3) is 4.77. The van der Waals surface area contributed by atoms with Gasteiger partial charge in [-0.15, -0.1) is 0 Å². The van der Waals surface area contributed by atoms with Gasteiger partial charge < -0.3 is 24.8 Å². The van der Waals surface area contributed by atoms with Gasteiger partial charge in [0.2, 0.25) is 5.75 Å². The second kappa shape index (κ2) is 9.59. The Morgan fingerprint density at radius 3 is 2.31 bits per heavy atom. The predicted octanol–water partition coefficient (Wildman–Crippen LogP) is 4.46. The molecule has 1 aromatic carbocycles. The number of pyridine rings is 2. The highest BCUT2D eigenvalue weighted by Gasteiger charge is 2.17. The van der Waals surface area contributed by atoms with Gasteiger partial charge in [0.25, 0.3) is 0 Å². The number of carbonyl (C=O) groups is 1. The maximum atomic E-state index is 12.3. The van der Waals surface area contributed by atoms with E-state index in [2.05, 4.69) is 25.9 Å². The van der Waals surface area contributed by atoms with Crippen LogP contribution in [-0.4, -0.2) is 43.4 Å². The summed E-state index contributed by atoms with van der Waals surface area (Å²) in [4.78, 5) is 21.3. The first-order chi connectivity index (χ1) is 15.6. The Kier molecular flexibility index (Phi) is 6.44. The Hall–Kier alpha value is -3.75. The van der Waals surface area contributed by atoms with Crippen molar-refractivity contribution >= 4 is 34.3 Å². The number of hydrogen-bond donors (Lipinski definition) is 3. The molecule has 0 radical (unpaired) electrons. The van der Waals surface area contributed by atoms with Gasteiger partial charge in [0, 0.05) is 23.9 Å². The summed E-state index contributed by atoms with van der Waals surface area (Å²) in [6.07, 6.45) is 6.09. The van der Waals surface area contributed by atoms with Crippen LogP contribution in [0.1, 0.15) is 25.7 Å². The first kappa shape index (κ1) is 21.5. The largest absolute Gasteiger partial charge is 0.493 e. The number of rotatable bonds is 7. The molecule has 4 rings (SSSR count). The van der Waals surface area contributed by atoms with Gasteiger partial charge in [-0.3, -0.25) is 10.3 Å². The molecule has 2 amide bonds. The monoisotopic (exact) mass is 437 g/mol.